The zero-order valence-electron chi connectivity index (χ0n) is 12.8. The van der Waals surface area contributed by atoms with Crippen molar-refractivity contribution in [2.75, 3.05) is 19.6 Å². The second-order valence-corrected chi connectivity index (χ2v) is 5.36. The van der Waals surface area contributed by atoms with Gasteiger partial charge in [0.25, 0.3) is 0 Å². The molecule has 1 unspecified atom stereocenters. The maximum absolute atomic E-state index is 3.65. The molecule has 0 aliphatic carbocycles. The molecule has 0 heterocycles. The molecule has 0 rings (SSSR count). The lowest BCUT2D eigenvalue weighted by Gasteiger charge is -2.31. The molecule has 0 aliphatic heterocycles. The summed E-state index contributed by atoms with van der Waals surface area (Å²) in [7, 11) is 0. The average molecular weight is 242 g/mol. The number of rotatable bonds is 11. The molecule has 0 saturated carbocycles. The lowest BCUT2D eigenvalue weighted by Crippen LogP contribution is -2.44. The molecule has 0 amide bonds. The Hall–Kier alpha value is -0.0800. The summed E-state index contributed by atoms with van der Waals surface area (Å²) < 4.78 is 0. The molecule has 1 atom stereocenters. The summed E-state index contributed by atoms with van der Waals surface area (Å²) in [6.45, 7) is 15.1. The zero-order chi connectivity index (χ0) is 13.1. The van der Waals surface area contributed by atoms with Gasteiger partial charge in [-0.15, -0.1) is 0 Å². The van der Waals surface area contributed by atoms with Crippen LogP contribution in [0.1, 0.15) is 66.7 Å². The fourth-order valence-corrected chi connectivity index (χ4v) is 2.09. The molecule has 2 heteroatoms. The summed E-state index contributed by atoms with van der Waals surface area (Å²) in [5, 5.41) is 3.65. The van der Waals surface area contributed by atoms with Crippen molar-refractivity contribution < 1.29 is 0 Å². The zero-order valence-corrected chi connectivity index (χ0v) is 12.8. The van der Waals surface area contributed by atoms with Gasteiger partial charge in [0.15, 0.2) is 0 Å². The van der Waals surface area contributed by atoms with E-state index in [-0.39, 0.29) is 0 Å². The lowest BCUT2D eigenvalue weighted by atomic mass is 10.1. The molecule has 104 valence electrons. The maximum atomic E-state index is 3.65. The number of nitrogens with one attached hydrogen (secondary N) is 1. The van der Waals surface area contributed by atoms with Crippen LogP contribution in [-0.4, -0.2) is 36.6 Å². The summed E-state index contributed by atoms with van der Waals surface area (Å²) in [6, 6.07) is 1.34. The third kappa shape index (κ3) is 8.62. The van der Waals surface area contributed by atoms with E-state index in [1.54, 1.807) is 0 Å². The van der Waals surface area contributed by atoms with Gasteiger partial charge >= 0.3 is 0 Å². The SMILES string of the molecule is CCCCCN(CC(CC)NCCC)C(C)C. The summed E-state index contributed by atoms with van der Waals surface area (Å²) in [6.07, 6.45) is 6.49. The molecule has 0 spiro atoms. The van der Waals surface area contributed by atoms with Crippen molar-refractivity contribution in [2.45, 2.75) is 78.8 Å². The van der Waals surface area contributed by atoms with E-state index in [4.69, 9.17) is 0 Å². The smallest absolute Gasteiger partial charge is 0.0192 e. The Kier molecular flexibility index (Phi) is 11.0. The Labute approximate surface area is 109 Å². The molecule has 0 aromatic carbocycles. The highest BCUT2D eigenvalue weighted by Gasteiger charge is 2.14. The molecule has 0 aliphatic rings. The minimum absolute atomic E-state index is 0.666. The average Bonchev–Trinajstić information content (AvgIpc) is 2.32. The van der Waals surface area contributed by atoms with E-state index in [1.807, 2.05) is 0 Å². The molecule has 1 N–H and O–H groups in total. The molecular weight excluding hydrogens is 208 g/mol. The van der Waals surface area contributed by atoms with Gasteiger partial charge in [-0.05, 0) is 46.2 Å². The van der Waals surface area contributed by atoms with E-state index in [0.29, 0.717) is 12.1 Å². The summed E-state index contributed by atoms with van der Waals surface area (Å²) in [4.78, 5) is 2.63. The normalized spacial score (nSPS) is 13.6. The largest absolute Gasteiger partial charge is 0.313 e. The minimum atomic E-state index is 0.666. The van der Waals surface area contributed by atoms with Gasteiger partial charge in [-0.25, -0.2) is 0 Å². The van der Waals surface area contributed by atoms with E-state index in [2.05, 4.69) is 44.8 Å². The van der Waals surface area contributed by atoms with Crippen molar-refractivity contribution in [3.63, 3.8) is 0 Å². The third-order valence-corrected chi connectivity index (χ3v) is 3.41. The Bertz CT molecular complexity index is 157. The van der Waals surface area contributed by atoms with Gasteiger partial charge in [0.05, 0.1) is 0 Å². The highest BCUT2D eigenvalue weighted by Crippen LogP contribution is 2.06. The number of hydrogen-bond donors (Lipinski definition) is 1. The predicted octanol–water partition coefficient (Wildman–Crippen LogP) is 3.67. The van der Waals surface area contributed by atoms with Crippen molar-refractivity contribution in [3.05, 3.63) is 0 Å². The molecule has 0 bridgehead atoms. The van der Waals surface area contributed by atoms with Gasteiger partial charge in [0.2, 0.25) is 0 Å². The Morgan fingerprint density at radius 2 is 1.71 bits per heavy atom. The van der Waals surface area contributed by atoms with Crippen LogP contribution in [0.5, 0.6) is 0 Å². The van der Waals surface area contributed by atoms with Crippen LogP contribution in [0.2, 0.25) is 0 Å². The number of unbranched alkanes of at least 4 members (excludes halogenated alkanes) is 2. The summed E-state index contributed by atoms with van der Waals surface area (Å²) in [5.41, 5.74) is 0. The fourth-order valence-electron chi connectivity index (χ4n) is 2.09. The van der Waals surface area contributed by atoms with E-state index in [1.165, 1.54) is 45.2 Å². The summed E-state index contributed by atoms with van der Waals surface area (Å²) in [5.74, 6) is 0. The number of hydrogen-bond acceptors (Lipinski definition) is 2. The van der Waals surface area contributed by atoms with Crippen LogP contribution in [0.3, 0.4) is 0 Å². The number of nitrogens with zero attached hydrogens (tertiary/aromatic N) is 1. The monoisotopic (exact) mass is 242 g/mol. The van der Waals surface area contributed by atoms with Crippen LogP contribution in [0.4, 0.5) is 0 Å². The van der Waals surface area contributed by atoms with Crippen LogP contribution in [0.15, 0.2) is 0 Å². The van der Waals surface area contributed by atoms with Gasteiger partial charge in [-0.2, -0.15) is 0 Å². The molecule has 0 fully saturated rings. The van der Waals surface area contributed by atoms with Crippen molar-refractivity contribution >= 4 is 0 Å². The van der Waals surface area contributed by atoms with E-state index < -0.39 is 0 Å². The van der Waals surface area contributed by atoms with E-state index >= 15 is 0 Å². The molecule has 0 aromatic rings. The van der Waals surface area contributed by atoms with Crippen molar-refractivity contribution in [1.82, 2.24) is 10.2 Å². The van der Waals surface area contributed by atoms with Crippen LogP contribution in [-0.2, 0) is 0 Å². The predicted molar refractivity (Wildman–Crippen MR) is 78.6 cm³/mol. The highest BCUT2D eigenvalue weighted by molar-refractivity contribution is 4.73. The van der Waals surface area contributed by atoms with Crippen LogP contribution >= 0.6 is 0 Å². The van der Waals surface area contributed by atoms with Gasteiger partial charge in [0, 0.05) is 18.6 Å². The highest BCUT2D eigenvalue weighted by atomic mass is 15.2. The molecular formula is C15H34N2. The van der Waals surface area contributed by atoms with Gasteiger partial charge in [-0.3, -0.25) is 4.90 Å². The first-order valence-corrected chi connectivity index (χ1v) is 7.63. The quantitative estimate of drug-likeness (QED) is 0.556. The topological polar surface area (TPSA) is 15.3 Å². The summed E-state index contributed by atoms with van der Waals surface area (Å²) >= 11 is 0. The first-order valence-electron chi connectivity index (χ1n) is 7.63. The third-order valence-electron chi connectivity index (χ3n) is 3.41. The van der Waals surface area contributed by atoms with Crippen LogP contribution < -0.4 is 5.32 Å². The van der Waals surface area contributed by atoms with Crippen LogP contribution in [0, 0.1) is 0 Å². The molecule has 2 nitrogen and oxygen atoms in total. The van der Waals surface area contributed by atoms with Gasteiger partial charge in [-0.1, -0.05) is 33.6 Å². The van der Waals surface area contributed by atoms with Gasteiger partial charge < -0.3 is 5.32 Å². The Morgan fingerprint density at radius 3 is 2.18 bits per heavy atom. The lowest BCUT2D eigenvalue weighted by molar-refractivity contribution is 0.191. The van der Waals surface area contributed by atoms with Crippen molar-refractivity contribution in [3.8, 4) is 0 Å². The van der Waals surface area contributed by atoms with E-state index in [9.17, 15) is 0 Å². The maximum Gasteiger partial charge on any atom is 0.0192 e. The Morgan fingerprint density at radius 1 is 1.00 bits per heavy atom. The first-order chi connectivity index (χ1) is 8.15. The fraction of sp³-hybridized carbons (Fsp3) is 1.00. The molecule has 0 aromatic heterocycles. The van der Waals surface area contributed by atoms with Crippen molar-refractivity contribution in [2.24, 2.45) is 0 Å². The van der Waals surface area contributed by atoms with Crippen molar-refractivity contribution in [1.29, 1.82) is 0 Å². The molecule has 0 saturated heterocycles. The standard InChI is InChI=1S/C15H34N2/c1-6-9-10-12-17(14(4)5)13-15(8-3)16-11-7-2/h14-16H,6-13H2,1-5H3. The molecule has 0 radical (unpaired) electrons. The second kappa shape index (κ2) is 11.0. The Balaban J connectivity index is 4.01. The van der Waals surface area contributed by atoms with E-state index in [0.717, 1.165) is 6.54 Å². The van der Waals surface area contributed by atoms with Gasteiger partial charge in [0.1, 0.15) is 0 Å². The second-order valence-electron chi connectivity index (χ2n) is 5.36. The minimum Gasteiger partial charge on any atom is -0.313 e. The molecule has 17 heavy (non-hydrogen) atoms. The van der Waals surface area contributed by atoms with Crippen LogP contribution in [0.25, 0.3) is 0 Å². The first kappa shape index (κ1) is 16.9.